The molecule has 0 aromatic heterocycles. The topological polar surface area (TPSA) is 26.3 Å². The molecular weight excluding hydrogens is 231 g/mol. The van der Waals surface area contributed by atoms with Crippen LogP contribution in [0.3, 0.4) is 0 Å². The first-order valence-electron chi connectivity index (χ1n) is 5.91. The lowest BCUT2D eigenvalue weighted by atomic mass is 10.0. The van der Waals surface area contributed by atoms with Gasteiger partial charge in [-0.2, -0.15) is 0 Å². The summed E-state index contributed by atoms with van der Waals surface area (Å²) in [5, 5.41) is 0. The Balaban J connectivity index is 2.11. The van der Waals surface area contributed by atoms with Crippen molar-refractivity contribution in [3.05, 3.63) is 53.9 Å². The van der Waals surface area contributed by atoms with Crippen molar-refractivity contribution >= 4 is 5.97 Å². The summed E-state index contributed by atoms with van der Waals surface area (Å²) in [6.07, 6.45) is 3.47. The van der Waals surface area contributed by atoms with E-state index in [2.05, 4.69) is 6.58 Å². The highest BCUT2D eigenvalue weighted by atomic mass is 19.1. The number of rotatable bonds is 3. The van der Waals surface area contributed by atoms with Crippen LogP contribution in [0.15, 0.2) is 48.1 Å². The van der Waals surface area contributed by atoms with Gasteiger partial charge in [-0.25, -0.2) is 9.18 Å². The van der Waals surface area contributed by atoms with E-state index < -0.39 is 0 Å². The van der Waals surface area contributed by atoms with Gasteiger partial charge in [0.15, 0.2) is 0 Å². The number of allylic oxidation sites excluding steroid dienone is 2. The van der Waals surface area contributed by atoms with Crippen LogP contribution < -0.4 is 4.74 Å². The van der Waals surface area contributed by atoms with Gasteiger partial charge in [0.2, 0.25) is 0 Å². The number of halogens is 1. The average molecular weight is 246 g/mol. The Labute approximate surface area is 106 Å². The Bertz CT molecular complexity index is 500. The van der Waals surface area contributed by atoms with E-state index in [0.29, 0.717) is 17.7 Å². The Morgan fingerprint density at radius 3 is 2.67 bits per heavy atom. The molecule has 0 fully saturated rings. The predicted molar refractivity (Wildman–Crippen MR) is 67.7 cm³/mol. The summed E-state index contributed by atoms with van der Waals surface area (Å²) in [6, 6.07) is 5.43. The Hall–Kier alpha value is -1.90. The van der Waals surface area contributed by atoms with Crippen molar-refractivity contribution < 1.29 is 13.9 Å². The molecule has 2 rings (SSSR count). The minimum atomic E-state index is -0.349. The molecular formula is C15H15FO2. The molecule has 18 heavy (non-hydrogen) atoms. The third kappa shape index (κ3) is 2.50. The zero-order valence-corrected chi connectivity index (χ0v) is 10.3. The van der Waals surface area contributed by atoms with Crippen molar-refractivity contribution in [1.29, 1.82) is 0 Å². The lowest BCUT2D eigenvalue weighted by Gasteiger charge is -2.06. The molecule has 1 aliphatic carbocycles. The highest BCUT2D eigenvalue weighted by Gasteiger charge is 2.25. The molecule has 1 aliphatic rings. The molecule has 0 aliphatic heterocycles. The molecule has 0 spiro atoms. The van der Waals surface area contributed by atoms with Gasteiger partial charge in [0.05, 0.1) is 0 Å². The third-order valence-corrected chi connectivity index (χ3v) is 3.29. The maximum absolute atomic E-state index is 12.7. The van der Waals surface area contributed by atoms with Crippen LogP contribution in [0.25, 0.3) is 0 Å². The van der Waals surface area contributed by atoms with Gasteiger partial charge in [-0.1, -0.05) is 11.6 Å². The van der Waals surface area contributed by atoms with Gasteiger partial charge in [-0.15, -0.1) is 6.58 Å². The Morgan fingerprint density at radius 2 is 2.11 bits per heavy atom. The van der Waals surface area contributed by atoms with Gasteiger partial charge in [-0.3, -0.25) is 0 Å². The number of hydrogen-bond donors (Lipinski definition) is 0. The van der Waals surface area contributed by atoms with Crippen molar-refractivity contribution in [3.8, 4) is 5.75 Å². The highest BCUT2D eigenvalue weighted by molar-refractivity contribution is 5.91. The molecule has 0 bridgehead atoms. The van der Waals surface area contributed by atoms with E-state index in [0.717, 1.165) is 12.0 Å². The van der Waals surface area contributed by atoms with E-state index >= 15 is 0 Å². The van der Waals surface area contributed by atoms with Gasteiger partial charge in [-0.05, 0) is 49.9 Å². The number of carbonyl (C=O) groups is 1. The van der Waals surface area contributed by atoms with Crippen LogP contribution in [0.4, 0.5) is 4.39 Å². The zero-order valence-electron chi connectivity index (χ0n) is 10.3. The first-order chi connectivity index (χ1) is 8.61. The zero-order chi connectivity index (χ0) is 13.1. The fourth-order valence-corrected chi connectivity index (χ4v) is 2.17. The molecule has 1 unspecified atom stereocenters. The Kier molecular flexibility index (Phi) is 3.60. The highest BCUT2D eigenvalue weighted by Crippen LogP contribution is 2.33. The van der Waals surface area contributed by atoms with E-state index in [-0.39, 0.29) is 17.7 Å². The van der Waals surface area contributed by atoms with E-state index in [9.17, 15) is 9.18 Å². The van der Waals surface area contributed by atoms with Gasteiger partial charge in [0.1, 0.15) is 11.6 Å². The second kappa shape index (κ2) is 5.17. The Morgan fingerprint density at radius 1 is 1.44 bits per heavy atom. The number of carbonyl (C=O) groups excluding carboxylic acids is 1. The number of hydrogen-bond acceptors (Lipinski definition) is 2. The summed E-state index contributed by atoms with van der Waals surface area (Å²) in [5.41, 5.74) is 1.74. The molecule has 0 amide bonds. The lowest BCUT2D eigenvalue weighted by Crippen LogP contribution is -2.11. The monoisotopic (exact) mass is 246 g/mol. The van der Waals surface area contributed by atoms with Crippen molar-refractivity contribution in [2.75, 3.05) is 0 Å². The first-order valence-corrected chi connectivity index (χ1v) is 5.91. The van der Waals surface area contributed by atoms with Crippen LogP contribution >= 0.6 is 0 Å². The fraction of sp³-hybridized carbons (Fsp3) is 0.267. The van der Waals surface area contributed by atoms with Gasteiger partial charge in [0, 0.05) is 5.57 Å². The molecule has 0 N–H and O–H groups in total. The molecule has 94 valence electrons. The third-order valence-electron chi connectivity index (χ3n) is 3.29. The van der Waals surface area contributed by atoms with Crippen LogP contribution in [0, 0.1) is 11.7 Å². The average Bonchev–Trinajstić information content (AvgIpc) is 2.73. The van der Waals surface area contributed by atoms with E-state index in [4.69, 9.17) is 4.74 Å². The minimum absolute atomic E-state index is 0.265. The van der Waals surface area contributed by atoms with Crippen LogP contribution in [0.1, 0.15) is 19.8 Å². The first kappa shape index (κ1) is 12.6. The van der Waals surface area contributed by atoms with Crippen molar-refractivity contribution in [3.63, 3.8) is 0 Å². The minimum Gasteiger partial charge on any atom is -0.423 e. The van der Waals surface area contributed by atoms with Crippen LogP contribution in [0.2, 0.25) is 0 Å². The quantitative estimate of drug-likeness (QED) is 0.462. The fourth-order valence-electron chi connectivity index (χ4n) is 2.17. The lowest BCUT2D eigenvalue weighted by molar-refractivity contribution is -0.130. The van der Waals surface area contributed by atoms with E-state index in [1.807, 2.05) is 13.0 Å². The number of esters is 1. The second-order valence-corrected chi connectivity index (χ2v) is 4.39. The molecule has 0 radical (unpaired) electrons. The summed E-state index contributed by atoms with van der Waals surface area (Å²) in [7, 11) is 0. The van der Waals surface area contributed by atoms with Gasteiger partial charge < -0.3 is 4.74 Å². The van der Waals surface area contributed by atoms with Gasteiger partial charge in [0.25, 0.3) is 0 Å². The van der Waals surface area contributed by atoms with Gasteiger partial charge >= 0.3 is 5.97 Å². The van der Waals surface area contributed by atoms with Crippen LogP contribution in [0.5, 0.6) is 5.75 Å². The van der Waals surface area contributed by atoms with Crippen LogP contribution in [-0.4, -0.2) is 5.97 Å². The normalized spacial score (nSPS) is 18.9. The molecule has 1 aromatic rings. The smallest absolute Gasteiger partial charge is 0.339 e. The summed E-state index contributed by atoms with van der Waals surface area (Å²) in [6.45, 7) is 5.68. The van der Waals surface area contributed by atoms with E-state index in [1.165, 1.54) is 24.3 Å². The molecule has 0 heterocycles. The standard InChI is InChI=1S/C15H15FO2/c1-3-11-4-9-14(10(11)2)15(17)18-13-7-5-12(16)6-8-13/h3,5-8,11H,1,4,9H2,2H3. The molecule has 3 heteroatoms. The molecule has 1 atom stereocenters. The van der Waals surface area contributed by atoms with Crippen molar-refractivity contribution in [2.24, 2.45) is 5.92 Å². The largest absolute Gasteiger partial charge is 0.423 e. The summed E-state index contributed by atoms with van der Waals surface area (Å²) in [5.74, 6) is -0.0641. The van der Waals surface area contributed by atoms with Crippen molar-refractivity contribution in [1.82, 2.24) is 0 Å². The second-order valence-electron chi connectivity index (χ2n) is 4.39. The number of benzene rings is 1. The summed E-state index contributed by atoms with van der Waals surface area (Å²) >= 11 is 0. The van der Waals surface area contributed by atoms with Crippen LogP contribution in [-0.2, 0) is 4.79 Å². The maximum atomic E-state index is 12.7. The molecule has 0 saturated heterocycles. The molecule has 2 nitrogen and oxygen atoms in total. The summed E-state index contributed by atoms with van der Waals surface area (Å²) in [4.78, 5) is 12.0. The predicted octanol–water partition coefficient (Wildman–Crippen LogP) is 3.64. The maximum Gasteiger partial charge on any atom is 0.339 e. The summed E-state index contributed by atoms with van der Waals surface area (Å²) < 4.78 is 17.9. The van der Waals surface area contributed by atoms with E-state index in [1.54, 1.807) is 0 Å². The number of ether oxygens (including phenoxy) is 1. The molecule has 0 saturated carbocycles. The SMILES string of the molecule is C=CC1CCC(C(=O)Oc2ccc(F)cc2)=C1C. The molecule has 1 aromatic carbocycles. The van der Waals surface area contributed by atoms with Crippen molar-refractivity contribution in [2.45, 2.75) is 19.8 Å².